The van der Waals surface area contributed by atoms with Crippen LogP contribution in [0.1, 0.15) is 50.2 Å². The fourth-order valence-electron chi connectivity index (χ4n) is 5.84. The molecule has 2 aromatic rings. The zero-order chi connectivity index (χ0) is 29.0. The van der Waals surface area contributed by atoms with Gasteiger partial charge in [-0.2, -0.15) is 0 Å². The summed E-state index contributed by atoms with van der Waals surface area (Å²) in [5, 5.41) is 0. The highest BCUT2D eigenvalue weighted by Crippen LogP contribution is 2.51. The van der Waals surface area contributed by atoms with Crippen LogP contribution in [0.2, 0.25) is 0 Å². The van der Waals surface area contributed by atoms with Gasteiger partial charge in [-0.15, -0.1) is 0 Å². The highest BCUT2D eigenvalue weighted by atomic mass is 16.5. The van der Waals surface area contributed by atoms with E-state index in [0.29, 0.717) is 40.6 Å². The van der Waals surface area contributed by atoms with E-state index in [9.17, 15) is 14.4 Å². The summed E-state index contributed by atoms with van der Waals surface area (Å²) in [6, 6.07) is 12.6. The molecule has 2 aromatic carbocycles. The van der Waals surface area contributed by atoms with Gasteiger partial charge in [-0.05, 0) is 51.0 Å². The second-order valence-electron chi connectivity index (χ2n) is 9.58. The van der Waals surface area contributed by atoms with Gasteiger partial charge in [0.2, 0.25) is 0 Å². The Hall–Kier alpha value is -4.14. The number of benzene rings is 2. The molecule has 4 atom stereocenters. The second kappa shape index (κ2) is 12.4. The minimum atomic E-state index is -1.11. The summed E-state index contributed by atoms with van der Waals surface area (Å²) in [6.07, 6.45) is 0.309. The first-order chi connectivity index (χ1) is 19.3. The number of esters is 2. The number of hydrogen-bond donors (Lipinski definition) is 0. The molecule has 9 heteroatoms. The number of fused-ring (bicyclic) bond motifs is 1. The highest BCUT2D eigenvalue weighted by molar-refractivity contribution is 6.18. The summed E-state index contributed by atoms with van der Waals surface area (Å²) in [4.78, 5) is 46.1. The zero-order valence-corrected chi connectivity index (χ0v) is 23.7. The van der Waals surface area contributed by atoms with E-state index < -0.39 is 35.6 Å². The standard InChI is InChI=1S/C31H35NO8/c1-7-39-30(34)24-17(3)32-22-16-21(18-11-9-12-19(15-18)36-4)26(31(35)40-8-2)28(33)27(22)25(24)20-13-10-14-23(37-5)29(20)38-6/h9-15,21,25-27H,7-8,16H2,1-6H3/t21-,25+,26-,27?/m0/s1. The first kappa shape index (κ1) is 28.9. The first-order valence-electron chi connectivity index (χ1n) is 13.3. The minimum Gasteiger partial charge on any atom is -0.497 e. The Labute approximate surface area is 234 Å². The number of para-hydroxylation sites is 1. The molecule has 1 aliphatic carbocycles. The van der Waals surface area contributed by atoms with Crippen LogP contribution < -0.4 is 14.2 Å². The van der Waals surface area contributed by atoms with E-state index in [2.05, 4.69) is 0 Å². The number of nitrogens with zero attached hydrogens (tertiary/aromatic N) is 1. The first-order valence-corrected chi connectivity index (χ1v) is 13.3. The van der Waals surface area contributed by atoms with E-state index in [-0.39, 0.29) is 24.6 Å². The summed E-state index contributed by atoms with van der Waals surface area (Å²) in [5.41, 5.74) is 2.61. The third-order valence-corrected chi connectivity index (χ3v) is 7.48. The summed E-state index contributed by atoms with van der Waals surface area (Å²) in [7, 11) is 4.58. The average Bonchev–Trinajstić information content (AvgIpc) is 2.95. The van der Waals surface area contributed by atoms with Crippen LogP contribution in [0.5, 0.6) is 17.2 Å². The fourth-order valence-corrected chi connectivity index (χ4v) is 5.84. The van der Waals surface area contributed by atoms with Crippen molar-refractivity contribution in [1.29, 1.82) is 0 Å². The lowest BCUT2D eigenvalue weighted by atomic mass is 9.62. The Bertz CT molecular complexity index is 1360. The molecular weight excluding hydrogens is 514 g/mol. The van der Waals surface area contributed by atoms with Crippen LogP contribution in [0.15, 0.2) is 58.7 Å². The van der Waals surface area contributed by atoms with Crippen molar-refractivity contribution < 1.29 is 38.1 Å². The van der Waals surface area contributed by atoms with Crippen molar-refractivity contribution in [1.82, 2.24) is 0 Å². The molecule has 40 heavy (non-hydrogen) atoms. The predicted octanol–water partition coefficient (Wildman–Crippen LogP) is 4.64. The number of carbonyl (C=O) groups excluding carboxylic acids is 3. The van der Waals surface area contributed by atoms with E-state index in [1.54, 1.807) is 52.1 Å². The van der Waals surface area contributed by atoms with Gasteiger partial charge in [0, 0.05) is 28.8 Å². The van der Waals surface area contributed by atoms with E-state index in [1.807, 2.05) is 18.2 Å². The Kier molecular flexibility index (Phi) is 8.92. The molecule has 0 spiro atoms. The lowest BCUT2D eigenvalue weighted by Gasteiger charge is -2.41. The molecular formula is C31H35NO8. The Morgan fingerprint density at radius 1 is 0.925 bits per heavy atom. The van der Waals surface area contributed by atoms with Gasteiger partial charge in [0.15, 0.2) is 17.3 Å². The fraction of sp³-hybridized carbons (Fsp3) is 0.419. The largest absolute Gasteiger partial charge is 0.497 e. The normalized spacial score (nSPS) is 22.1. The van der Waals surface area contributed by atoms with Crippen LogP contribution in [-0.4, -0.2) is 58.0 Å². The molecule has 0 aromatic heterocycles. The lowest BCUT2D eigenvalue weighted by Crippen LogP contribution is -2.48. The number of carbonyl (C=O) groups is 3. The summed E-state index contributed by atoms with van der Waals surface area (Å²) in [5.74, 6) is -3.48. The third kappa shape index (κ3) is 5.20. The van der Waals surface area contributed by atoms with Gasteiger partial charge in [0.1, 0.15) is 11.7 Å². The smallest absolute Gasteiger partial charge is 0.336 e. The van der Waals surface area contributed by atoms with E-state index >= 15 is 0 Å². The van der Waals surface area contributed by atoms with E-state index in [0.717, 1.165) is 5.56 Å². The molecule has 9 nitrogen and oxygen atoms in total. The third-order valence-electron chi connectivity index (χ3n) is 7.48. The van der Waals surface area contributed by atoms with Crippen LogP contribution in [0.3, 0.4) is 0 Å². The molecule has 0 N–H and O–H groups in total. The second-order valence-corrected chi connectivity index (χ2v) is 9.58. The van der Waals surface area contributed by atoms with Crippen LogP contribution >= 0.6 is 0 Å². The van der Waals surface area contributed by atoms with Gasteiger partial charge >= 0.3 is 11.9 Å². The van der Waals surface area contributed by atoms with Crippen molar-refractivity contribution in [3.8, 4) is 17.2 Å². The summed E-state index contributed by atoms with van der Waals surface area (Å²) < 4.78 is 27.5. The molecule has 2 aliphatic rings. The van der Waals surface area contributed by atoms with Crippen LogP contribution in [0.4, 0.5) is 0 Å². The van der Waals surface area contributed by atoms with E-state index in [4.69, 9.17) is 28.7 Å². The minimum absolute atomic E-state index is 0.124. The van der Waals surface area contributed by atoms with E-state index in [1.165, 1.54) is 14.2 Å². The molecule has 1 unspecified atom stereocenters. The molecule has 4 rings (SSSR count). The Morgan fingerprint density at radius 2 is 1.65 bits per heavy atom. The van der Waals surface area contributed by atoms with Crippen molar-refractivity contribution in [2.75, 3.05) is 34.5 Å². The lowest BCUT2D eigenvalue weighted by molar-refractivity contribution is -0.153. The van der Waals surface area contributed by atoms with Crippen molar-refractivity contribution in [2.45, 2.75) is 39.0 Å². The van der Waals surface area contributed by atoms with Gasteiger partial charge < -0.3 is 23.7 Å². The van der Waals surface area contributed by atoms with Crippen molar-refractivity contribution >= 4 is 23.4 Å². The van der Waals surface area contributed by atoms with Gasteiger partial charge in [-0.1, -0.05) is 24.3 Å². The monoisotopic (exact) mass is 549 g/mol. The number of ketones is 1. The van der Waals surface area contributed by atoms with Crippen LogP contribution in [0, 0.1) is 11.8 Å². The molecule has 1 aliphatic heterocycles. The number of Topliss-reactive ketones (excluding diaryl/α,β-unsaturated/α-hetero) is 1. The van der Waals surface area contributed by atoms with Crippen LogP contribution in [-0.2, 0) is 23.9 Å². The highest BCUT2D eigenvalue weighted by Gasteiger charge is 2.53. The molecule has 212 valence electrons. The summed E-state index contributed by atoms with van der Waals surface area (Å²) in [6.45, 7) is 5.43. The maximum absolute atomic E-state index is 14.5. The summed E-state index contributed by atoms with van der Waals surface area (Å²) >= 11 is 0. The number of allylic oxidation sites excluding steroid dienone is 1. The van der Waals surface area contributed by atoms with Gasteiger partial charge in [0.05, 0.1) is 46.0 Å². The maximum atomic E-state index is 14.5. The quantitative estimate of drug-likeness (QED) is 0.329. The molecule has 0 radical (unpaired) electrons. The predicted molar refractivity (Wildman–Crippen MR) is 148 cm³/mol. The topological polar surface area (TPSA) is 110 Å². The number of ether oxygens (including phenoxy) is 5. The molecule has 1 heterocycles. The SMILES string of the molecule is CCOC(=O)C1=C(C)N=C2C[C@@H](c3cccc(OC)c3)[C@H](C(=O)OCC)C(=O)C2[C@@H]1c1cccc(OC)c1OC. The maximum Gasteiger partial charge on any atom is 0.336 e. The Balaban J connectivity index is 1.95. The number of methoxy groups -OCH3 is 3. The van der Waals surface area contributed by atoms with Crippen LogP contribution in [0.25, 0.3) is 0 Å². The van der Waals surface area contributed by atoms with Gasteiger partial charge in [0.25, 0.3) is 0 Å². The van der Waals surface area contributed by atoms with Crippen molar-refractivity contribution in [3.05, 3.63) is 64.9 Å². The molecule has 0 bridgehead atoms. The average molecular weight is 550 g/mol. The molecule has 0 saturated heterocycles. The number of hydrogen-bond acceptors (Lipinski definition) is 9. The zero-order valence-electron chi connectivity index (χ0n) is 23.7. The number of rotatable bonds is 9. The van der Waals surface area contributed by atoms with Crippen molar-refractivity contribution in [3.63, 3.8) is 0 Å². The van der Waals surface area contributed by atoms with Gasteiger partial charge in [-0.3, -0.25) is 14.6 Å². The van der Waals surface area contributed by atoms with Gasteiger partial charge in [-0.25, -0.2) is 4.79 Å². The molecule has 0 amide bonds. The Morgan fingerprint density at radius 3 is 2.30 bits per heavy atom. The molecule has 1 saturated carbocycles. The van der Waals surface area contributed by atoms with Crippen molar-refractivity contribution in [2.24, 2.45) is 16.8 Å². The number of aliphatic imine (C=N–C) groups is 1. The molecule has 1 fully saturated rings.